The molecular formula is C16H17FN2O2. The molecule has 1 atom stereocenters. The van der Waals surface area contributed by atoms with Crippen LogP contribution in [0.4, 0.5) is 4.39 Å². The number of aliphatic hydroxyl groups excluding tert-OH is 1. The molecule has 21 heavy (non-hydrogen) atoms. The first-order chi connectivity index (χ1) is 10.1. The Bertz CT molecular complexity index is 632. The molecule has 0 radical (unpaired) electrons. The lowest BCUT2D eigenvalue weighted by Crippen LogP contribution is -2.30. The lowest BCUT2D eigenvalue weighted by atomic mass is 10.1. The average molecular weight is 288 g/mol. The quantitative estimate of drug-likeness (QED) is 0.888. The number of nitrogens with zero attached hydrogens (tertiary/aromatic N) is 1. The largest absolute Gasteiger partial charge is 0.387 e. The normalized spacial score (nSPS) is 15.7. The van der Waals surface area contributed by atoms with Gasteiger partial charge in [-0.2, -0.15) is 0 Å². The predicted molar refractivity (Wildman–Crippen MR) is 76.4 cm³/mol. The van der Waals surface area contributed by atoms with E-state index >= 15 is 0 Å². The van der Waals surface area contributed by atoms with Crippen LogP contribution in [0.2, 0.25) is 0 Å². The molecule has 5 heteroatoms. The fraction of sp³-hybridized carbons (Fsp3) is 0.312. The van der Waals surface area contributed by atoms with Gasteiger partial charge in [-0.25, -0.2) is 4.39 Å². The van der Waals surface area contributed by atoms with Crippen LogP contribution in [-0.2, 0) is 0 Å². The van der Waals surface area contributed by atoms with Crippen molar-refractivity contribution < 1.29 is 14.3 Å². The summed E-state index contributed by atoms with van der Waals surface area (Å²) < 4.78 is 14.8. The lowest BCUT2D eigenvalue weighted by Gasteiger charge is -2.13. The average Bonchev–Trinajstić information content (AvgIpc) is 3.22. The van der Waals surface area contributed by atoms with E-state index in [1.54, 1.807) is 6.07 Å². The molecule has 1 aromatic carbocycles. The number of halogens is 1. The molecule has 1 heterocycles. The minimum absolute atomic E-state index is 0.0975. The number of carbonyl (C=O) groups is 1. The summed E-state index contributed by atoms with van der Waals surface area (Å²) in [5.41, 5.74) is 1.19. The monoisotopic (exact) mass is 288 g/mol. The molecule has 1 saturated carbocycles. The fourth-order valence-corrected chi connectivity index (χ4v) is 2.34. The number of hydrogen-bond donors (Lipinski definition) is 2. The maximum atomic E-state index is 12.8. The summed E-state index contributed by atoms with van der Waals surface area (Å²) in [6, 6.07) is 9.67. The topological polar surface area (TPSA) is 54.3 Å². The van der Waals surface area contributed by atoms with Gasteiger partial charge in [-0.15, -0.1) is 0 Å². The number of amides is 1. The second-order valence-electron chi connectivity index (χ2n) is 5.31. The summed E-state index contributed by atoms with van der Waals surface area (Å²) >= 11 is 0. The SMILES string of the molecule is O=C(NCC(O)c1ccc(F)cc1)c1cccn1C1CC1. The van der Waals surface area contributed by atoms with Crippen LogP contribution in [0, 0.1) is 5.82 Å². The molecule has 1 aliphatic rings. The number of nitrogens with one attached hydrogen (secondary N) is 1. The van der Waals surface area contributed by atoms with Crippen molar-refractivity contribution in [1.29, 1.82) is 0 Å². The summed E-state index contributed by atoms with van der Waals surface area (Å²) in [5.74, 6) is -0.551. The molecule has 1 amide bonds. The molecule has 110 valence electrons. The van der Waals surface area contributed by atoms with Gasteiger partial charge in [-0.3, -0.25) is 4.79 Å². The van der Waals surface area contributed by atoms with Crippen molar-refractivity contribution in [2.24, 2.45) is 0 Å². The van der Waals surface area contributed by atoms with Gasteiger partial charge in [0.15, 0.2) is 0 Å². The van der Waals surface area contributed by atoms with Gasteiger partial charge in [0, 0.05) is 18.8 Å². The van der Waals surface area contributed by atoms with Crippen molar-refractivity contribution in [2.75, 3.05) is 6.54 Å². The Kier molecular flexibility index (Phi) is 3.75. The third-order valence-corrected chi connectivity index (χ3v) is 3.66. The van der Waals surface area contributed by atoms with Crippen molar-refractivity contribution in [3.05, 3.63) is 59.7 Å². The molecule has 1 aliphatic carbocycles. The number of rotatable bonds is 5. The van der Waals surface area contributed by atoms with Gasteiger partial charge >= 0.3 is 0 Å². The fourth-order valence-electron chi connectivity index (χ4n) is 2.34. The van der Waals surface area contributed by atoms with Gasteiger partial charge in [0.05, 0.1) is 6.10 Å². The van der Waals surface area contributed by atoms with Crippen molar-refractivity contribution in [2.45, 2.75) is 25.0 Å². The summed E-state index contributed by atoms with van der Waals surface area (Å²) in [6.45, 7) is 0.0975. The van der Waals surface area contributed by atoms with Crippen LogP contribution < -0.4 is 5.32 Å². The van der Waals surface area contributed by atoms with Crippen molar-refractivity contribution in [3.8, 4) is 0 Å². The summed E-state index contributed by atoms with van der Waals surface area (Å²) in [7, 11) is 0. The molecule has 2 N–H and O–H groups in total. The Hall–Kier alpha value is -2.14. The summed E-state index contributed by atoms with van der Waals surface area (Å²) in [5, 5.41) is 12.7. The van der Waals surface area contributed by atoms with Gasteiger partial charge in [-0.05, 0) is 42.7 Å². The van der Waals surface area contributed by atoms with E-state index in [-0.39, 0.29) is 18.3 Å². The van der Waals surface area contributed by atoms with Crippen LogP contribution in [0.5, 0.6) is 0 Å². The molecule has 2 aromatic rings. The molecule has 1 fully saturated rings. The Morgan fingerprint density at radius 1 is 1.33 bits per heavy atom. The van der Waals surface area contributed by atoms with Gasteiger partial charge in [-0.1, -0.05) is 12.1 Å². The first-order valence-corrected chi connectivity index (χ1v) is 7.03. The zero-order valence-corrected chi connectivity index (χ0v) is 11.5. The summed E-state index contributed by atoms with van der Waals surface area (Å²) in [4.78, 5) is 12.1. The molecule has 4 nitrogen and oxygen atoms in total. The van der Waals surface area contributed by atoms with Crippen LogP contribution in [0.25, 0.3) is 0 Å². The molecular weight excluding hydrogens is 271 g/mol. The Morgan fingerprint density at radius 2 is 2.05 bits per heavy atom. The van der Waals surface area contributed by atoms with Gasteiger partial charge in [0.2, 0.25) is 0 Å². The molecule has 3 rings (SSSR count). The van der Waals surface area contributed by atoms with E-state index in [0.29, 0.717) is 17.3 Å². The van der Waals surface area contributed by atoms with E-state index in [4.69, 9.17) is 0 Å². The van der Waals surface area contributed by atoms with Gasteiger partial charge in [0.25, 0.3) is 5.91 Å². The zero-order chi connectivity index (χ0) is 14.8. The van der Waals surface area contributed by atoms with E-state index < -0.39 is 6.10 Å². The van der Waals surface area contributed by atoms with E-state index in [2.05, 4.69) is 5.32 Å². The number of benzene rings is 1. The zero-order valence-electron chi connectivity index (χ0n) is 11.5. The minimum atomic E-state index is -0.848. The molecule has 0 bridgehead atoms. The van der Waals surface area contributed by atoms with Crippen molar-refractivity contribution >= 4 is 5.91 Å². The number of carbonyl (C=O) groups excluding carboxylic acids is 1. The van der Waals surface area contributed by atoms with Gasteiger partial charge in [0.1, 0.15) is 11.5 Å². The maximum absolute atomic E-state index is 12.8. The molecule has 0 saturated heterocycles. The lowest BCUT2D eigenvalue weighted by molar-refractivity contribution is 0.0907. The number of aliphatic hydroxyl groups is 1. The van der Waals surface area contributed by atoms with Crippen LogP contribution in [0.15, 0.2) is 42.6 Å². The van der Waals surface area contributed by atoms with E-state index in [1.165, 1.54) is 24.3 Å². The first-order valence-electron chi connectivity index (χ1n) is 7.03. The second-order valence-corrected chi connectivity index (χ2v) is 5.31. The first kappa shape index (κ1) is 13.8. The van der Waals surface area contributed by atoms with Crippen LogP contribution >= 0.6 is 0 Å². The third kappa shape index (κ3) is 3.13. The minimum Gasteiger partial charge on any atom is -0.387 e. The second kappa shape index (κ2) is 5.69. The Morgan fingerprint density at radius 3 is 2.71 bits per heavy atom. The van der Waals surface area contributed by atoms with Crippen molar-refractivity contribution in [1.82, 2.24) is 9.88 Å². The number of aromatic nitrogens is 1. The van der Waals surface area contributed by atoms with E-state index in [0.717, 1.165) is 12.8 Å². The Balaban J connectivity index is 1.60. The Labute approximate surface area is 122 Å². The van der Waals surface area contributed by atoms with Crippen molar-refractivity contribution in [3.63, 3.8) is 0 Å². The smallest absolute Gasteiger partial charge is 0.268 e. The predicted octanol–water partition coefficient (Wildman–Crippen LogP) is 2.43. The van der Waals surface area contributed by atoms with E-state index in [9.17, 15) is 14.3 Å². The maximum Gasteiger partial charge on any atom is 0.268 e. The molecule has 1 aromatic heterocycles. The van der Waals surface area contributed by atoms with Gasteiger partial charge < -0.3 is 15.0 Å². The highest BCUT2D eigenvalue weighted by molar-refractivity contribution is 5.92. The molecule has 1 unspecified atom stereocenters. The molecule has 0 aliphatic heterocycles. The highest BCUT2D eigenvalue weighted by Crippen LogP contribution is 2.35. The van der Waals surface area contributed by atoms with Crippen LogP contribution in [0.1, 0.15) is 41.0 Å². The highest BCUT2D eigenvalue weighted by Gasteiger charge is 2.26. The van der Waals surface area contributed by atoms with E-state index in [1.807, 2.05) is 16.8 Å². The standard InChI is InChI=1S/C16H17FN2O2/c17-12-5-3-11(4-6-12)15(20)10-18-16(21)14-2-1-9-19(14)13-7-8-13/h1-6,9,13,15,20H,7-8,10H2,(H,18,21). The van der Waals surface area contributed by atoms with Crippen LogP contribution in [0.3, 0.4) is 0 Å². The molecule has 0 spiro atoms. The van der Waals surface area contributed by atoms with Crippen LogP contribution in [-0.4, -0.2) is 22.1 Å². The summed E-state index contributed by atoms with van der Waals surface area (Å²) in [6.07, 6.45) is 3.27. The highest BCUT2D eigenvalue weighted by atomic mass is 19.1. The number of hydrogen-bond acceptors (Lipinski definition) is 2. The third-order valence-electron chi connectivity index (χ3n) is 3.66.